The molecule has 2 N–H and O–H groups in total. The molecule has 4 heteroatoms. The first kappa shape index (κ1) is 14.6. The van der Waals surface area contributed by atoms with Crippen LogP contribution < -0.4 is 10.6 Å². The summed E-state index contributed by atoms with van der Waals surface area (Å²) in [5.74, 6) is 0. The second-order valence-electron chi connectivity index (χ2n) is 4.71. The molecule has 0 bridgehead atoms. The highest BCUT2D eigenvalue weighted by atomic mass is 79.9. The molecule has 104 valence electrons. The van der Waals surface area contributed by atoms with E-state index in [-0.39, 0.29) is 12.1 Å². The number of urea groups is 1. The van der Waals surface area contributed by atoms with Crippen molar-refractivity contribution in [3.8, 4) is 0 Å². The Bertz CT molecular complexity index is 596. The molecule has 0 spiro atoms. The Morgan fingerprint density at radius 3 is 2.40 bits per heavy atom. The lowest BCUT2D eigenvalue weighted by Crippen LogP contribution is -2.31. The number of carbonyl (C=O) groups excluding carboxylic acids is 1. The van der Waals surface area contributed by atoms with Gasteiger partial charge in [0.1, 0.15) is 0 Å². The third kappa shape index (κ3) is 3.84. The number of rotatable bonds is 3. The fourth-order valence-corrected chi connectivity index (χ4v) is 2.53. The molecular formula is C16H17BrN2O. The van der Waals surface area contributed by atoms with E-state index in [0.29, 0.717) is 0 Å². The second-order valence-corrected chi connectivity index (χ2v) is 5.56. The summed E-state index contributed by atoms with van der Waals surface area (Å²) in [5, 5.41) is 5.74. The van der Waals surface area contributed by atoms with Crippen LogP contribution in [0, 0.1) is 6.92 Å². The van der Waals surface area contributed by atoms with Crippen LogP contribution in [0.3, 0.4) is 0 Å². The molecular weight excluding hydrogens is 316 g/mol. The molecule has 0 heterocycles. The van der Waals surface area contributed by atoms with Crippen LogP contribution in [0.15, 0.2) is 53.0 Å². The van der Waals surface area contributed by atoms with Gasteiger partial charge in [-0.05, 0) is 37.6 Å². The Hall–Kier alpha value is -1.81. The average molecular weight is 333 g/mol. The number of halogens is 1. The van der Waals surface area contributed by atoms with Gasteiger partial charge >= 0.3 is 6.03 Å². The first-order valence-electron chi connectivity index (χ1n) is 6.45. The van der Waals surface area contributed by atoms with Gasteiger partial charge in [-0.15, -0.1) is 0 Å². The maximum absolute atomic E-state index is 12.0. The number of amides is 2. The molecule has 0 saturated carbocycles. The van der Waals surface area contributed by atoms with Crippen molar-refractivity contribution >= 4 is 27.6 Å². The lowest BCUT2D eigenvalue weighted by molar-refractivity contribution is 0.249. The van der Waals surface area contributed by atoms with Gasteiger partial charge in [0, 0.05) is 10.2 Å². The van der Waals surface area contributed by atoms with Crippen LogP contribution >= 0.6 is 15.9 Å². The maximum atomic E-state index is 12.0. The lowest BCUT2D eigenvalue weighted by Gasteiger charge is -2.16. The summed E-state index contributed by atoms with van der Waals surface area (Å²) in [6, 6.07) is 15.3. The van der Waals surface area contributed by atoms with Crippen LogP contribution in [-0.2, 0) is 0 Å². The van der Waals surface area contributed by atoms with Gasteiger partial charge in [-0.2, -0.15) is 0 Å². The van der Waals surface area contributed by atoms with Crippen LogP contribution in [0.2, 0.25) is 0 Å². The van der Waals surface area contributed by atoms with Gasteiger partial charge in [-0.3, -0.25) is 0 Å². The second kappa shape index (κ2) is 6.57. The fourth-order valence-electron chi connectivity index (χ4n) is 1.90. The van der Waals surface area contributed by atoms with Crippen LogP contribution in [0.25, 0.3) is 0 Å². The topological polar surface area (TPSA) is 41.1 Å². The van der Waals surface area contributed by atoms with E-state index in [4.69, 9.17) is 0 Å². The van der Waals surface area contributed by atoms with Gasteiger partial charge in [-0.1, -0.05) is 51.8 Å². The van der Waals surface area contributed by atoms with E-state index in [1.165, 1.54) is 0 Å². The van der Waals surface area contributed by atoms with E-state index in [1.807, 2.05) is 62.4 Å². The van der Waals surface area contributed by atoms with Crippen LogP contribution in [0.1, 0.15) is 24.1 Å². The van der Waals surface area contributed by atoms with Gasteiger partial charge in [0.2, 0.25) is 0 Å². The minimum Gasteiger partial charge on any atom is -0.331 e. The summed E-state index contributed by atoms with van der Waals surface area (Å²) in [6.45, 7) is 3.97. The average Bonchev–Trinajstić information content (AvgIpc) is 2.41. The van der Waals surface area contributed by atoms with Crippen LogP contribution in [0.4, 0.5) is 10.5 Å². The Kier molecular flexibility index (Phi) is 4.79. The molecule has 0 radical (unpaired) electrons. The monoisotopic (exact) mass is 332 g/mol. The molecule has 0 aliphatic carbocycles. The normalized spacial score (nSPS) is 11.8. The largest absolute Gasteiger partial charge is 0.331 e. The zero-order chi connectivity index (χ0) is 14.5. The van der Waals surface area contributed by atoms with Crippen molar-refractivity contribution in [1.29, 1.82) is 0 Å². The molecule has 1 unspecified atom stereocenters. The van der Waals surface area contributed by atoms with E-state index in [1.54, 1.807) is 0 Å². The SMILES string of the molecule is Cc1ccc(NC(=O)NC(C)c2ccccc2Br)cc1. The molecule has 0 fully saturated rings. The summed E-state index contributed by atoms with van der Waals surface area (Å²) in [7, 11) is 0. The first-order chi connectivity index (χ1) is 9.56. The van der Waals surface area contributed by atoms with E-state index < -0.39 is 0 Å². The summed E-state index contributed by atoms with van der Waals surface area (Å²) in [5.41, 5.74) is 3.00. The Balaban J connectivity index is 1.98. The Morgan fingerprint density at radius 2 is 1.75 bits per heavy atom. The first-order valence-corrected chi connectivity index (χ1v) is 7.24. The molecule has 3 nitrogen and oxygen atoms in total. The van der Waals surface area contributed by atoms with Gasteiger partial charge in [0.15, 0.2) is 0 Å². The van der Waals surface area contributed by atoms with Gasteiger partial charge < -0.3 is 10.6 Å². The quantitative estimate of drug-likeness (QED) is 0.844. The number of hydrogen-bond acceptors (Lipinski definition) is 1. The van der Waals surface area contributed by atoms with Crippen LogP contribution in [-0.4, -0.2) is 6.03 Å². The highest BCUT2D eigenvalue weighted by Crippen LogP contribution is 2.22. The zero-order valence-electron chi connectivity index (χ0n) is 11.5. The molecule has 0 saturated heterocycles. The van der Waals surface area contributed by atoms with Crippen molar-refractivity contribution in [2.75, 3.05) is 5.32 Å². The third-order valence-corrected chi connectivity index (χ3v) is 3.75. The molecule has 20 heavy (non-hydrogen) atoms. The van der Waals surface area contributed by atoms with Gasteiger partial charge in [-0.25, -0.2) is 4.79 Å². The minimum absolute atomic E-state index is 0.0731. The molecule has 2 aromatic carbocycles. The van der Waals surface area contributed by atoms with Gasteiger partial charge in [0.05, 0.1) is 6.04 Å². The molecule has 0 aliphatic rings. The Labute approximate surface area is 127 Å². The summed E-state index contributed by atoms with van der Waals surface area (Å²) >= 11 is 3.49. The van der Waals surface area contributed by atoms with Gasteiger partial charge in [0.25, 0.3) is 0 Å². The van der Waals surface area contributed by atoms with E-state index in [9.17, 15) is 4.79 Å². The van der Waals surface area contributed by atoms with Crippen molar-refractivity contribution in [2.45, 2.75) is 19.9 Å². The zero-order valence-corrected chi connectivity index (χ0v) is 13.1. The third-order valence-electron chi connectivity index (χ3n) is 3.03. The highest BCUT2D eigenvalue weighted by molar-refractivity contribution is 9.10. The number of carbonyl (C=O) groups is 1. The molecule has 1 atom stereocenters. The van der Waals surface area contributed by atoms with E-state index >= 15 is 0 Å². The molecule has 0 aliphatic heterocycles. The van der Waals surface area contributed by atoms with Crippen molar-refractivity contribution in [3.63, 3.8) is 0 Å². The van der Waals surface area contributed by atoms with E-state index in [2.05, 4.69) is 26.6 Å². The highest BCUT2D eigenvalue weighted by Gasteiger charge is 2.11. The smallest absolute Gasteiger partial charge is 0.319 e. The standard InChI is InChI=1S/C16H17BrN2O/c1-11-7-9-13(10-8-11)19-16(20)18-12(2)14-5-3-4-6-15(14)17/h3-10,12H,1-2H3,(H2,18,19,20). The molecule has 2 amide bonds. The number of nitrogens with one attached hydrogen (secondary N) is 2. The number of anilines is 1. The molecule has 2 aromatic rings. The number of aryl methyl sites for hydroxylation is 1. The lowest BCUT2D eigenvalue weighted by atomic mass is 10.1. The summed E-state index contributed by atoms with van der Waals surface area (Å²) in [6.07, 6.45) is 0. The van der Waals surface area contributed by atoms with Crippen molar-refractivity contribution in [1.82, 2.24) is 5.32 Å². The van der Waals surface area contributed by atoms with E-state index in [0.717, 1.165) is 21.3 Å². The maximum Gasteiger partial charge on any atom is 0.319 e. The number of benzene rings is 2. The fraction of sp³-hybridized carbons (Fsp3) is 0.188. The Morgan fingerprint density at radius 1 is 1.10 bits per heavy atom. The summed E-state index contributed by atoms with van der Waals surface area (Å²) < 4.78 is 0.989. The minimum atomic E-state index is -0.211. The molecule has 2 rings (SSSR count). The summed E-state index contributed by atoms with van der Waals surface area (Å²) in [4.78, 5) is 12.0. The number of hydrogen-bond donors (Lipinski definition) is 2. The van der Waals surface area contributed by atoms with Crippen molar-refractivity contribution in [2.24, 2.45) is 0 Å². The predicted octanol–water partition coefficient (Wildman–Crippen LogP) is 4.64. The molecule has 0 aromatic heterocycles. The predicted molar refractivity (Wildman–Crippen MR) is 85.9 cm³/mol. The van der Waals surface area contributed by atoms with Crippen LogP contribution in [0.5, 0.6) is 0 Å². The van der Waals surface area contributed by atoms with Crippen molar-refractivity contribution in [3.05, 3.63) is 64.1 Å². The van der Waals surface area contributed by atoms with Crippen molar-refractivity contribution < 1.29 is 4.79 Å².